The highest BCUT2D eigenvalue weighted by atomic mass is 32.1. The topological polar surface area (TPSA) is 57.6 Å². The van der Waals surface area contributed by atoms with E-state index in [1.165, 1.54) is 11.8 Å². The molecule has 1 N–H and O–H groups in total. The molecule has 5 heteroatoms. The number of benzene rings is 3. The van der Waals surface area contributed by atoms with E-state index in [2.05, 4.69) is 12.6 Å². The first-order valence-electron chi connectivity index (χ1n) is 9.40. The number of thiol groups is 1. The van der Waals surface area contributed by atoms with E-state index in [1.807, 2.05) is 72.8 Å². The van der Waals surface area contributed by atoms with Crippen LogP contribution < -0.4 is 4.90 Å². The van der Waals surface area contributed by atoms with Crippen molar-refractivity contribution in [2.24, 2.45) is 0 Å². The van der Waals surface area contributed by atoms with E-state index in [1.54, 1.807) is 12.1 Å². The number of carbonyl (C=O) groups is 2. The van der Waals surface area contributed by atoms with Crippen molar-refractivity contribution in [3.8, 4) is 11.1 Å². The number of anilines is 1. The first-order valence-corrected chi connectivity index (χ1v) is 9.92. The molecule has 3 rings (SSSR count). The highest BCUT2D eigenvalue weighted by Crippen LogP contribution is 2.26. The molecule has 0 heterocycles. The normalized spacial score (nSPS) is 12.8. The van der Waals surface area contributed by atoms with Crippen LogP contribution in [0.3, 0.4) is 0 Å². The Morgan fingerprint density at radius 1 is 0.862 bits per heavy atom. The molecule has 4 nitrogen and oxygen atoms in total. The van der Waals surface area contributed by atoms with Crippen molar-refractivity contribution in [3.05, 3.63) is 90.5 Å². The molecule has 2 atom stereocenters. The van der Waals surface area contributed by atoms with Crippen molar-refractivity contribution < 1.29 is 14.7 Å². The Labute approximate surface area is 176 Å². The molecule has 0 bridgehead atoms. The van der Waals surface area contributed by atoms with Gasteiger partial charge in [0.1, 0.15) is 6.04 Å². The zero-order valence-corrected chi connectivity index (χ0v) is 17.0. The fourth-order valence-corrected chi connectivity index (χ4v) is 3.52. The van der Waals surface area contributed by atoms with Gasteiger partial charge in [-0.25, -0.2) is 4.79 Å². The quantitative estimate of drug-likeness (QED) is 0.560. The molecular weight excluding hydrogens is 382 g/mol. The van der Waals surface area contributed by atoms with Crippen LogP contribution in [-0.4, -0.2) is 28.3 Å². The van der Waals surface area contributed by atoms with E-state index in [0.29, 0.717) is 12.1 Å². The lowest BCUT2D eigenvalue weighted by Crippen LogP contribution is -2.47. The second kappa shape index (κ2) is 9.43. The van der Waals surface area contributed by atoms with Crippen LogP contribution in [0.4, 0.5) is 5.69 Å². The Hall–Kier alpha value is -3.05. The molecule has 0 aliphatic rings. The first kappa shape index (κ1) is 20.7. The maximum atomic E-state index is 13.1. The summed E-state index contributed by atoms with van der Waals surface area (Å²) in [7, 11) is 0. The van der Waals surface area contributed by atoms with E-state index >= 15 is 0 Å². The molecule has 29 heavy (non-hydrogen) atoms. The molecule has 0 unspecified atom stereocenters. The molecule has 0 aliphatic carbocycles. The van der Waals surface area contributed by atoms with Crippen LogP contribution in [0, 0.1) is 0 Å². The summed E-state index contributed by atoms with van der Waals surface area (Å²) in [6.07, 6.45) is 0.424. The molecule has 0 saturated carbocycles. The third-order valence-corrected chi connectivity index (χ3v) is 5.20. The number of hydrogen-bond acceptors (Lipinski definition) is 3. The van der Waals surface area contributed by atoms with E-state index in [0.717, 1.165) is 16.7 Å². The van der Waals surface area contributed by atoms with Crippen LogP contribution in [0.2, 0.25) is 0 Å². The third-order valence-electron chi connectivity index (χ3n) is 4.79. The smallest absolute Gasteiger partial charge is 0.326 e. The van der Waals surface area contributed by atoms with E-state index < -0.39 is 17.3 Å². The van der Waals surface area contributed by atoms with Crippen LogP contribution in [0.15, 0.2) is 84.9 Å². The highest BCUT2D eigenvalue weighted by molar-refractivity contribution is 7.81. The number of carboxylic acid groups (broad SMARTS) is 1. The van der Waals surface area contributed by atoms with Gasteiger partial charge in [-0.1, -0.05) is 72.8 Å². The van der Waals surface area contributed by atoms with Crippen molar-refractivity contribution in [1.82, 2.24) is 0 Å². The van der Waals surface area contributed by atoms with Crippen molar-refractivity contribution in [1.29, 1.82) is 0 Å². The van der Waals surface area contributed by atoms with E-state index in [9.17, 15) is 14.7 Å². The molecule has 0 fully saturated rings. The summed E-state index contributed by atoms with van der Waals surface area (Å²) in [6, 6.07) is 25.8. The maximum absolute atomic E-state index is 13.1. The zero-order chi connectivity index (χ0) is 20.8. The standard InChI is InChI=1S/C24H23NO3S/c1-17(24(27)28)25(23(26)22(29)16-18-8-4-2-5-9-18)21-14-12-20(13-15-21)19-10-6-3-7-11-19/h2-15,17,22,29H,16H2,1H3,(H,27,28)/t17-,22-/m0/s1. The predicted octanol–water partition coefficient (Wildman–Crippen LogP) is 4.70. The average Bonchev–Trinajstić information content (AvgIpc) is 2.75. The van der Waals surface area contributed by atoms with Gasteiger partial charge in [0.15, 0.2) is 0 Å². The Morgan fingerprint density at radius 3 is 1.93 bits per heavy atom. The van der Waals surface area contributed by atoms with Crippen molar-refractivity contribution in [3.63, 3.8) is 0 Å². The summed E-state index contributed by atoms with van der Waals surface area (Å²) in [4.78, 5) is 26.1. The summed E-state index contributed by atoms with van der Waals surface area (Å²) in [5.74, 6) is -1.40. The SMILES string of the molecule is C[C@@H](C(=O)O)N(C(=O)[C@@H](S)Cc1ccccc1)c1ccc(-c2ccccc2)cc1. The molecule has 0 radical (unpaired) electrons. The van der Waals surface area contributed by atoms with Gasteiger partial charge in [0.05, 0.1) is 5.25 Å². The van der Waals surface area contributed by atoms with Gasteiger partial charge in [0.2, 0.25) is 5.91 Å². The summed E-state index contributed by atoms with van der Waals surface area (Å²) >= 11 is 4.48. The van der Waals surface area contributed by atoms with Gasteiger partial charge >= 0.3 is 5.97 Å². The lowest BCUT2D eigenvalue weighted by Gasteiger charge is -2.29. The maximum Gasteiger partial charge on any atom is 0.326 e. The Morgan fingerprint density at radius 2 is 1.38 bits per heavy atom. The Balaban J connectivity index is 1.87. The van der Waals surface area contributed by atoms with Crippen LogP contribution in [0.1, 0.15) is 12.5 Å². The summed E-state index contributed by atoms with van der Waals surface area (Å²) in [5, 5.41) is 8.90. The van der Waals surface area contributed by atoms with Gasteiger partial charge in [-0.3, -0.25) is 9.69 Å². The summed E-state index contributed by atoms with van der Waals surface area (Å²) < 4.78 is 0. The predicted molar refractivity (Wildman–Crippen MR) is 119 cm³/mol. The zero-order valence-electron chi connectivity index (χ0n) is 16.1. The van der Waals surface area contributed by atoms with Crippen LogP contribution in [0.25, 0.3) is 11.1 Å². The van der Waals surface area contributed by atoms with Crippen molar-refractivity contribution in [2.75, 3.05) is 4.90 Å². The lowest BCUT2D eigenvalue weighted by atomic mass is 10.0. The first-order chi connectivity index (χ1) is 14.0. The van der Waals surface area contributed by atoms with Gasteiger partial charge in [-0.15, -0.1) is 0 Å². The minimum Gasteiger partial charge on any atom is -0.480 e. The fraction of sp³-hybridized carbons (Fsp3) is 0.167. The number of hydrogen-bond donors (Lipinski definition) is 2. The third kappa shape index (κ3) is 5.06. The monoisotopic (exact) mass is 405 g/mol. The van der Waals surface area contributed by atoms with Gasteiger partial charge in [-0.05, 0) is 42.2 Å². The molecule has 0 aromatic heterocycles. The minimum absolute atomic E-state index is 0.334. The van der Waals surface area contributed by atoms with E-state index in [-0.39, 0.29) is 5.91 Å². The largest absolute Gasteiger partial charge is 0.480 e. The van der Waals surface area contributed by atoms with E-state index in [4.69, 9.17) is 0 Å². The molecule has 0 spiro atoms. The number of aliphatic carboxylic acids is 1. The minimum atomic E-state index is -1.06. The highest BCUT2D eigenvalue weighted by Gasteiger charge is 2.30. The number of amides is 1. The molecule has 148 valence electrons. The summed E-state index contributed by atoms with van der Waals surface area (Å²) in [5.41, 5.74) is 3.57. The van der Waals surface area contributed by atoms with Crippen molar-refractivity contribution >= 4 is 30.2 Å². The van der Waals surface area contributed by atoms with Gasteiger partial charge in [-0.2, -0.15) is 12.6 Å². The second-order valence-corrected chi connectivity index (χ2v) is 7.46. The summed E-state index contributed by atoms with van der Waals surface area (Å²) in [6.45, 7) is 1.51. The van der Waals surface area contributed by atoms with Crippen LogP contribution in [0.5, 0.6) is 0 Å². The van der Waals surface area contributed by atoms with Crippen molar-refractivity contribution in [2.45, 2.75) is 24.6 Å². The Kier molecular flexibility index (Phi) is 6.73. The molecule has 0 saturated heterocycles. The molecular formula is C24H23NO3S. The second-order valence-electron chi connectivity index (χ2n) is 6.84. The molecule has 1 amide bonds. The van der Waals surface area contributed by atoms with Crippen LogP contribution >= 0.6 is 12.6 Å². The van der Waals surface area contributed by atoms with Crippen LogP contribution in [-0.2, 0) is 16.0 Å². The number of carboxylic acids is 1. The number of carbonyl (C=O) groups excluding carboxylic acids is 1. The Bertz CT molecular complexity index is 958. The lowest BCUT2D eigenvalue weighted by molar-refractivity contribution is -0.139. The fourth-order valence-electron chi connectivity index (χ4n) is 3.18. The van der Waals surface area contributed by atoms with Gasteiger partial charge < -0.3 is 5.11 Å². The average molecular weight is 406 g/mol. The number of nitrogens with zero attached hydrogens (tertiary/aromatic N) is 1. The van der Waals surface area contributed by atoms with Gasteiger partial charge in [0, 0.05) is 5.69 Å². The number of rotatable bonds is 7. The molecule has 3 aromatic rings. The molecule has 3 aromatic carbocycles. The molecule has 0 aliphatic heterocycles. The van der Waals surface area contributed by atoms with Gasteiger partial charge in [0.25, 0.3) is 0 Å².